The zero-order chi connectivity index (χ0) is 19.3. The number of rotatable bonds is 4. The molecule has 0 aromatic carbocycles. The van der Waals surface area contributed by atoms with Crippen LogP contribution < -0.4 is 10.1 Å². The second-order valence-corrected chi connectivity index (χ2v) is 8.00. The van der Waals surface area contributed by atoms with E-state index in [-0.39, 0.29) is 23.7 Å². The molecule has 1 aliphatic carbocycles. The maximum Gasteiger partial charge on any atom is 0.407 e. The molecule has 4 rings (SSSR count). The first kappa shape index (κ1) is 17.6. The van der Waals surface area contributed by atoms with Crippen LogP contribution in [0.1, 0.15) is 26.1 Å². The minimum Gasteiger partial charge on any atom is -0.494 e. The number of piperidine rings is 2. The lowest BCUT2D eigenvalue weighted by atomic mass is 9.61. The maximum absolute atomic E-state index is 12.9. The predicted octanol–water partition coefficient (Wildman–Crippen LogP) is 1.94. The van der Waals surface area contributed by atoms with Crippen molar-refractivity contribution >= 4 is 17.5 Å². The molecule has 2 fully saturated rings. The molecule has 2 N–H and O–H groups in total. The third kappa shape index (κ3) is 2.79. The average molecular weight is 372 g/mol. The van der Waals surface area contributed by atoms with Crippen molar-refractivity contribution in [2.45, 2.75) is 25.8 Å². The van der Waals surface area contributed by atoms with E-state index in [1.807, 2.05) is 36.6 Å². The van der Waals surface area contributed by atoms with E-state index in [2.05, 4.69) is 10.3 Å². The van der Waals surface area contributed by atoms with Crippen molar-refractivity contribution in [3.8, 4) is 5.75 Å². The van der Waals surface area contributed by atoms with E-state index in [0.717, 1.165) is 23.5 Å². The van der Waals surface area contributed by atoms with Gasteiger partial charge in [-0.15, -0.1) is 0 Å². The Balaban J connectivity index is 1.53. The quantitative estimate of drug-likeness (QED) is 0.855. The van der Waals surface area contributed by atoms with Crippen molar-refractivity contribution in [1.82, 2.24) is 19.6 Å². The molecule has 8 nitrogen and oxygen atoms in total. The molecule has 27 heavy (non-hydrogen) atoms. The van der Waals surface area contributed by atoms with Crippen LogP contribution in [0.15, 0.2) is 24.5 Å². The van der Waals surface area contributed by atoms with E-state index in [0.29, 0.717) is 13.1 Å². The largest absolute Gasteiger partial charge is 0.494 e. The number of imidazole rings is 1. The van der Waals surface area contributed by atoms with E-state index in [9.17, 15) is 9.59 Å². The summed E-state index contributed by atoms with van der Waals surface area (Å²) in [7, 11) is 1.62. The number of carbonyl (C=O) groups excluding carboxylic acids is 1. The standard InChI is InChI=1S/C19H24N4O4/c1-19(2,17-20-8-13-14(27-3)5-4-6-23(13)17)21-16(24)15-11-7-12(15)10-22(9-11)18(25)26/h4-6,8,11-12,15H,7,9-10H2,1-3H3,(H,21,24)(H,25,26)/t11-,12+,15-. The van der Waals surface area contributed by atoms with Crippen LogP contribution in [0.25, 0.3) is 5.52 Å². The Morgan fingerprint density at radius 2 is 2.04 bits per heavy atom. The van der Waals surface area contributed by atoms with Crippen molar-refractivity contribution in [3.63, 3.8) is 0 Å². The van der Waals surface area contributed by atoms with Gasteiger partial charge in [0.1, 0.15) is 17.1 Å². The Morgan fingerprint density at radius 1 is 1.33 bits per heavy atom. The number of fused-ring (bicyclic) bond motifs is 3. The number of hydrogen-bond acceptors (Lipinski definition) is 4. The van der Waals surface area contributed by atoms with Gasteiger partial charge in [0.15, 0.2) is 0 Å². The average Bonchev–Trinajstić information content (AvgIpc) is 3.06. The smallest absolute Gasteiger partial charge is 0.407 e. The number of pyridine rings is 1. The van der Waals surface area contributed by atoms with Gasteiger partial charge >= 0.3 is 6.09 Å². The lowest BCUT2D eigenvalue weighted by Gasteiger charge is -2.52. The summed E-state index contributed by atoms with van der Waals surface area (Å²) in [5, 5.41) is 12.3. The molecule has 8 heteroatoms. The summed E-state index contributed by atoms with van der Waals surface area (Å²) in [5.74, 6) is 1.51. The number of likely N-dealkylation sites (tertiary alicyclic amines) is 1. The van der Waals surface area contributed by atoms with Gasteiger partial charge in [0.05, 0.1) is 18.8 Å². The number of amides is 2. The lowest BCUT2D eigenvalue weighted by Crippen LogP contribution is -2.62. The number of carboxylic acid groups (broad SMARTS) is 1. The van der Waals surface area contributed by atoms with Crippen molar-refractivity contribution in [3.05, 3.63) is 30.4 Å². The first-order valence-corrected chi connectivity index (χ1v) is 9.12. The summed E-state index contributed by atoms with van der Waals surface area (Å²) in [6.07, 6.45) is 3.66. The van der Waals surface area contributed by atoms with E-state index in [1.54, 1.807) is 13.3 Å². The van der Waals surface area contributed by atoms with Crippen LogP contribution in [0.5, 0.6) is 5.75 Å². The number of hydrogen-bond donors (Lipinski definition) is 2. The number of methoxy groups -OCH3 is 1. The highest BCUT2D eigenvalue weighted by Crippen LogP contribution is 2.46. The molecule has 2 aromatic heterocycles. The van der Waals surface area contributed by atoms with Crippen LogP contribution >= 0.6 is 0 Å². The summed E-state index contributed by atoms with van der Waals surface area (Å²) in [6, 6.07) is 3.75. The molecular formula is C19H24N4O4. The Labute approximate surface area is 157 Å². The summed E-state index contributed by atoms with van der Waals surface area (Å²) < 4.78 is 7.30. The van der Waals surface area contributed by atoms with E-state index in [1.165, 1.54) is 4.90 Å². The molecule has 2 amide bonds. The second kappa shape index (κ2) is 6.14. The van der Waals surface area contributed by atoms with Crippen LogP contribution in [0.3, 0.4) is 0 Å². The Kier molecular flexibility index (Phi) is 4.01. The fourth-order valence-corrected chi connectivity index (χ4v) is 4.55. The normalized spacial score (nSPS) is 24.4. The molecule has 144 valence electrons. The molecule has 3 heterocycles. The summed E-state index contributed by atoms with van der Waals surface area (Å²) in [5.41, 5.74) is 0.168. The molecule has 2 aliphatic rings. The minimum atomic E-state index is -0.901. The fourth-order valence-electron chi connectivity index (χ4n) is 4.55. The van der Waals surface area contributed by atoms with Crippen molar-refractivity contribution in [1.29, 1.82) is 0 Å². The van der Waals surface area contributed by atoms with Gasteiger partial charge in [-0.05, 0) is 44.2 Å². The molecule has 3 atom stereocenters. The summed E-state index contributed by atoms with van der Waals surface area (Å²) >= 11 is 0. The lowest BCUT2D eigenvalue weighted by molar-refractivity contribution is -0.142. The number of nitrogens with one attached hydrogen (secondary N) is 1. The van der Waals surface area contributed by atoms with E-state index >= 15 is 0 Å². The van der Waals surface area contributed by atoms with E-state index in [4.69, 9.17) is 9.84 Å². The molecular weight excluding hydrogens is 348 g/mol. The van der Waals surface area contributed by atoms with Crippen LogP contribution in [-0.2, 0) is 10.3 Å². The highest BCUT2D eigenvalue weighted by atomic mass is 16.5. The monoisotopic (exact) mass is 372 g/mol. The molecule has 1 saturated carbocycles. The number of carbonyl (C=O) groups is 2. The van der Waals surface area contributed by atoms with Crippen LogP contribution in [-0.4, -0.2) is 51.6 Å². The molecule has 2 aromatic rings. The van der Waals surface area contributed by atoms with Gasteiger partial charge < -0.3 is 20.1 Å². The Morgan fingerprint density at radius 3 is 2.67 bits per heavy atom. The molecule has 0 unspecified atom stereocenters. The summed E-state index contributed by atoms with van der Waals surface area (Å²) in [4.78, 5) is 30.0. The van der Waals surface area contributed by atoms with Gasteiger partial charge in [-0.25, -0.2) is 9.78 Å². The molecule has 0 radical (unpaired) electrons. The third-order valence-electron chi connectivity index (χ3n) is 5.85. The molecule has 1 saturated heterocycles. The van der Waals surface area contributed by atoms with Gasteiger partial charge in [-0.3, -0.25) is 9.20 Å². The third-order valence-corrected chi connectivity index (χ3v) is 5.85. The van der Waals surface area contributed by atoms with Crippen LogP contribution in [0, 0.1) is 17.8 Å². The van der Waals surface area contributed by atoms with Gasteiger partial charge in [-0.2, -0.15) is 0 Å². The van der Waals surface area contributed by atoms with Crippen LogP contribution in [0.4, 0.5) is 4.79 Å². The number of nitrogens with zero attached hydrogens (tertiary/aromatic N) is 3. The van der Waals surface area contributed by atoms with Crippen LogP contribution in [0.2, 0.25) is 0 Å². The predicted molar refractivity (Wildman–Crippen MR) is 97.6 cm³/mol. The van der Waals surface area contributed by atoms with Gasteiger partial charge in [0.25, 0.3) is 0 Å². The van der Waals surface area contributed by atoms with Gasteiger partial charge in [-0.1, -0.05) is 0 Å². The van der Waals surface area contributed by atoms with Crippen molar-refractivity contribution in [2.75, 3.05) is 20.2 Å². The van der Waals surface area contributed by atoms with E-state index < -0.39 is 11.6 Å². The number of aromatic nitrogens is 2. The minimum absolute atomic E-state index is 0.0223. The highest BCUT2D eigenvalue weighted by molar-refractivity contribution is 5.82. The molecule has 2 bridgehead atoms. The SMILES string of the molecule is COc1cccn2c(C(C)(C)NC(=O)[C@@H]3[C@@H]4C[C@H]3CN(C(=O)O)C4)ncc12. The first-order valence-electron chi connectivity index (χ1n) is 9.12. The fraction of sp³-hybridized carbons (Fsp3) is 0.526. The van der Waals surface area contributed by atoms with Crippen molar-refractivity contribution < 1.29 is 19.4 Å². The Bertz CT molecular complexity index is 894. The van der Waals surface area contributed by atoms with Gasteiger partial charge in [0.2, 0.25) is 5.91 Å². The zero-order valence-electron chi connectivity index (χ0n) is 15.7. The zero-order valence-corrected chi connectivity index (χ0v) is 15.7. The molecule has 0 spiro atoms. The second-order valence-electron chi connectivity index (χ2n) is 8.00. The molecule has 1 aliphatic heterocycles. The Hall–Kier alpha value is -2.77. The van der Waals surface area contributed by atoms with Crippen molar-refractivity contribution in [2.24, 2.45) is 17.8 Å². The van der Waals surface area contributed by atoms with Gasteiger partial charge in [0, 0.05) is 25.2 Å². The highest BCUT2D eigenvalue weighted by Gasteiger charge is 2.52. The topological polar surface area (TPSA) is 96.2 Å². The summed E-state index contributed by atoms with van der Waals surface area (Å²) in [6.45, 7) is 4.73. The number of ether oxygens (including phenoxy) is 1. The first-order chi connectivity index (χ1) is 12.8. The maximum atomic E-state index is 12.9.